The monoisotopic (exact) mass is 556 g/mol. The Bertz CT molecular complexity index is 1750. The molecule has 0 aliphatic carbocycles. The van der Waals surface area contributed by atoms with Crippen molar-refractivity contribution in [2.24, 2.45) is 0 Å². The van der Waals surface area contributed by atoms with Crippen molar-refractivity contribution in [1.82, 2.24) is 9.55 Å². The number of aromatic nitrogens is 2. The number of carboxylic acid groups (broad SMARTS) is 2. The first-order chi connectivity index (χ1) is 18.5. The van der Waals surface area contributed by atoms with Crippen molar-refractivity contribution < 1.29 is 42.4 Å². The fourth-order valence-corrected chi connectivity index (χ4v) is 4.50. The maximum absolute atomic E-state index is 12.6. The summed E-state index contributed by atoms with van der Waals surface area (Å²) in [6, 6.07) is 15.9. The molecular formula is C27H16ClF3N2O6. The van der Waals surface area contributed by atoms with E-state index in [1.165, 1.54) is 29.0 Å². The van der Waals surface area contributed by atoms with Crippen LogP contribution in [0, 0.1) is 0 Å². The van der Waals surface area contributed by atoms with E-state index in [9.17, 15) is 33.0 Å². The Kier molecular flexibility index (Phi) is 6.52. The van der Waals surface area contributed by atoms with Gasteiger partial charge in [0.15, 0.2) is 0 Å². The topological polar surface area (TPSA) is 111 Å². The van der Waals surface area contributed by atoms with Gasteiger partial charge in [0.25, 0.3) is 0 Å². The van der Waals surface area contributed by atoms with Crippen LogP contribution in [-0.4, -0.2) is 38.1 Å². The van der Waals surface area contributed by atoms with E-state index in [0.717, 1.165) is 12.1 Å². The molecule has 39 heavy (non-hydrogen) atoms. The van der Waals surface area contributed by atoms with Gasteiger partial charge in [-0.25, -0.2) is 4.79 Å². The highest BCUT2D eigenvalue weighted by atomic mass is 35.5. The summed E-state index contributed by atoms with van der Waals surface area (Å²) in [4.78, 5) is 28.3. The Hall–Kier alpha value is -4.77. The third-order valence-electron chi connectivity index (χ3n) is 5.79. The first-order valence-electron chi connectivity index (χ1n) is 11.2. The lowest BCUT2D eigenvalue weighted by molar-refractivity contribution is -0.274. The van der Waals surface area contributed by atoms with Crippen molar-refractivity contribution in [2.75, 3.05) is 0 Å². The molecule has 2 heterocycles. The molecule has 198 valence electrons. The number of nitrogens with zero attached hydrogens (tertiary/aromatic N) is 2. The molecule has 0 saturated heterocycles. The molecule has 8 nitrogen and oxygen atoms in total. The van der Waals surface area contributed by atoms with Gasteiger partial charge in [0.2, 0.25) is 0 Å². The molecule has 2 aromatic heterocycles. The van der Waals surface area contributed by atoms with E-state index in [-0.39, 0.29) is 28.1 Å². The zero-order valence-corrected chi connectivity index (χ0v) is 20.3. The fraction of sp³-hybridized carbons (Fsp3) is 0.0741. The summed E-state index contributed by atoms with van der Waals surface area (Å²) < 4.78 is 49.1. The first kappa shape index (κ1) is 25.9. The van der Waals surface area contributed by atoms with Gasteiger partial charge in [-0.05, 0) is 66.7 Å². The number of carbonyl (C=O) groups is 2. The molecule has 5 aromatic rings. The van der Waals surface area contributed by atoms with E-state index in [1.807, 2.05) is 0 Å². The summed E-state index contributed by atoms with van der Waals surface area (Å²) in [7, 11) is 0. The Morgan fingerprint density at radius 1 is 0.923 bits per heavy atom. The van der Waals surface area contributed by atoms with E-state index in [0.29, 0.717) is 27.2 Å². The molecule has 2 N–H and O–H groups in total. The van der Waals surface area contributed by atoms with Crippen LogP contribution in [0.5, 0.6) is 17.2 Å². The van der Waals surface area contributed by atoms with Gasteiger partial charge < -0.3 is 24.3 Å². The molecule has 0 unspecified atom stereocenters. The van der Waals surface area contributed by atoms with Crippen LogP contribution in [0.3, 0.4) is 0 Å². The molecule has 0 amide bonds. The highest BCUT2D eigenvalue weighted by Crippen LogP contribution is 2.36. The van der Waals surface area contributed by atoms with Gasteiger partial charge in [0.05, 0.1) is 23.0 Å². The SMILES string of the molecule is O=C(O)Cc1c(C(=O)O)c2cc(Oc3ccnc4cc(Cl)ccc34)ccc2n1-c1ccc(OC(F)(F)F)cc1. The van der Waals surface area contributed by atoms with Crippen molar-refractivity contribution >= 4 is 45.3 Å². The smallest absolute Gasteiger partial charge is 0.481 e. The lowest BCUT2D eigenvalue weighted by Crippen LogP contribution is -2.17. The third-order valence-corrected chi connectivity index (χ3v) is 6.03. The van der Waals surface area contributed by atoms with Crippen LogP contribution < -0.4 is 9.47 Å². The molecule has 0 saturated carbocycles. The second kappa shape index (κ2) is 9.84. The lowest BCUT2D eigenvalue weighted by Gasteiger charge is -2.13. The summed E-state index contributed by atoms with van der Waals surface area (Å²) in [5, 5.41) is 20.9. The second-order valence-corrected chi connectivity index (χ2v) is 8.76. The second-order valence-electron chi connectivity index (χ2n) is 8.33. The van der Waals surface area contributed by atoms with Gasteiger partial charge in [-0.3, -0.25) is 9.78 Å². The number of halogens is 4. The average Bonchev–Trinajstić information content (AvgIpc) is 3.16. The summed E-state index contributed by atoms with van der Waals surface area (Å²) in [6.45, 7) is 0. The van der Waals surface area contributed by atoms with Gasteiger partial charge in [-0.15, -0.1) is 13.2 Å². The summed E-state index contributed by atoms with van der Waals surface area (Å²) in [5.74, 6) is -2.47. The van der Waals surface area contributed by atoms with Crippen LogP contribution in [0.1, 0.15) is 16.1 Å². The van der Waals surface area contributed by atoms with Gasteiger partial charge >= 0.3 is 18.3 Å². The maximum atomic E-state index is 12.6. The number of alkyl halides is 3. The maximum Gasteiger partial charge on any atom is 0.573 e. The summed E-state index contributed by atoms with van der Waals surface area (Å²) in [6.07, 6.45) is -4.03. The van der Waals surface area contributed by atoms with E-state index in [2.05, 4.69) is 9.72 Å². The number of aliphatic carboxylic acids is 1. The van der Waals surface area contributed by atoms with Crippen molar-refractivity contribution in [1.29, 1.82) is 0 Å². The van der Waals surface area contributed by atoms with Crippen LogP contribution >= 0.6 is 11.6 Å². The average molecular weight is 557 g/mol. The predicted octanol–water partition coefficient (Wildman–Crippen LogP) is 6.85. The quantitative estimate of drug-likeness (QED) is 0.225. The number of aromatic carboxylic acids is 1. The number of carboxylic acids is 2. The molecule has 0 atom stereocenters. The minimum Gasteiger partial charge on any atom is -0.481 e. The van der Waals surface area contributed by atoms with Gasteiger partial charge in [0, 0.05) is 33.4 Å². The van der Waals surface area contributed by atoms with Crippen LogP contribution in [0.4, 0.5) is 13.2 Å². The minimum atomic E-state index is -4.89. The van der Waals surface area contributed by atoms with Crippen LogP contribution in [-0.2, 0) is 11.2 Å². The zero-order valence-electron chi connectivity index (χ0n) is 19.6. The molecule has 0 fully saturated rings. The number of hydrogen-bond donors (Lipinski definition) is 2. The van der Waals surface area contributed by atoms with Crippen molar-refractivity contribution in [3.8, 4) is 22.9 Å². The summed E-state index contributed by atoms with van der Waals surface area (Å²) in [5.41, 5.74) is 0.784. The lowest BCUT2D eigenvalue weighted by atomic mass is 10.1. The molecule has 0 bridgehead atoms. The number of fused-ring (bicyclic) bond motifs is 2. The summed E-state index contributed by atoms with van der Waals surface area (Å²) >= 11 is 6.05. The third kappa shape index (κ3) is 5.30. The normalized spacial score (nSPS) is 11.6. The van der Waals surface area contributed by atoms with Gasteiger partial charge in [-0.2, -0.15) is 0 Å². The highest BCUT2D eigenvalue weighted by Gasteiger charge is 2.31. The van der Waals surface area contributed by atoms with Gasteiger partial charge in [-0.1, -0.05) is 11.6 Å². The van der Waals surface area contributed by atoms with E-state index in [1.54, 1.807) is 36.4 Å². The Labute approximate surface area is 222 Å². The molecule has 0 radical (unpaired) electrons. The zero-order chi connectivity index (χ0) is 27.9. The highest BCUT2D eigenvalue weighted by molar-refractivity contribution is 6.31. The van der Waals surface area contributed by atoms with Crippen molar-refractivity contribution in [3.63, 3.8) is 0 Å². The number of rotatable bonds is 7. The van der Waals surface area contributed by atoms with Gasteiger partial charge in [0.1, 0.15) is 17.2 Å². The molecule has 5 rings (SSSR count). The Morgan fingerprint density at radius 3 is 2.31 bits per heavy atom. The van der Waals surface area contributed by atoms with Crippen LogP contribution in [0.15, 0.2) is 72.9 Å². The molecule has 12 heteroatoms. The van der Waals surface area contributed by atoms with Crippen LogP contribution in [0.2, 0.25) is 5.02 Å². The number of ether oxygens (including phenoxy) is 2. The molecule has 0 spiro atoms. The van der Waals surface area contributed by atoms with E-state index in [4.69, 9.17) is 16.3 Å². The van der Waals surface area contributed by atoms with E-state index >= 15 is 0 Å². The van der Waals surface area contributed by atoms with Crippen molar-refractivity contribution in [2.45, 2.75) is 12.8 Å². The van der Waals surface area contributed by atoms with Crippen molar-refractivity contribution in [3.05, 3.63) is 89.2 Å². The standard InChI is InChI=1S/C27H16ClF3N2O6/c28-14-1-7-18-20(11-14)32-10-9-23(18)38-17-6-8-21-19(12-17)25(26(36)37)22(13-24(34)35)33(21)15-2-4-16(5-3-15)39-27(29,30)31/h1-12H,13H2,(H,34,35)(H,36,37). The van der Waals surface area contributed by atoms with E-state index < -0.39 is 30.5 Å². The fourth-order valence-electron chi connectivity index (χ4n) is 4.34. The molecule has 3 aromatic carbocycles. The van der Waals surface area contributed by atoms with Crippen LogP contribution in [0.25, 0.3) is 27.5 Å². The largest absolute Gasteiger partial charge is 0.573 e. The Balaban J connectivity index is 1.65. The molecule has 0 aliphatic rings. The first-order valence-corrected chi connectivity index (χ1v) is 11.6. The molecular weight excluding hydrogens is 541 g/mol. The number of benzene rings is 3. The number of pyridine rings is 1. The Morgan fingerprint density at radius 2 is 1.64 bits per heavy atom. The minimum absolute atomic E-state index is 0.0735. The number of hydrogen-bond acceptors (Lipinski definition) is 5. The molecule has 0 aliphatic heterocycles. The predicted molar refractivity (Wildman–Crippen MR) is 135 cm³/mol.